The maximum absolute atomic E-state index is 14.0. The van der Waals surface area contributed by atoms with E-state index < -0.39 is 5.82 Å². The number of benzene rings is 1. The second kappa shape index (κ2) is 6.34. The molecule has 0 bridgehead atoms. The smallest absolute Gasteiger partial charge is 0.213 e. The Morgan fingerprint density at radius 2 is 2.05 bits per heavy atom. The predicted octanol–water partition coefficient (Wildman–Crippen LogP) is 2.79. The fourth-order valence-electron chi connectivity index (χ4n) is 1.94. The molecule has 0 atom stereocenters. The van der Waals surface area contributed by atoms with Gasteiger partial charge < -0.3 is 14.6 Å². The number of rotatable bonds is 5. The highest BCUT2D eigenvalue weighted by molar-refractivity contribution is 5.70. The molecule has 0 saturated carbocycles. The normalized spacial score (nSPS) is 10.4. The molecule has 20 heavy (non-hydrogen) atoms. The summed E-state index contributed by atoms with van der Waals surface area (Å²) in [7, 11) is 1.47. The topological polar surface area (TPSA) is 51.6 Å². The quantitative estimate of drug-likeness (QED) is 0.913. The minimum Gasteiger partial charge on any atom is -0.494 e. The van der Waals surface area contributed by atoms with Crippen molar-refractivity contribution in [2.45, 2.75) is 13.5 Å². The number of nitrogens with zero attached hydrogens (tertiary/aromatic N) is 1. The van der Waals surface area contributed by atoms with Crippen molar-refractivity contribution in [3.8, 4) is 22.8 Å². The molecule has 0 spiro atoms. The van der Waals surface area contributed by atoms with Gasteiger partial charge >= 0.3 is 0 Å². The van der Waals surface area contributed by atoms with Crippen LogP contribution in [-0.2, 0) is 6.61 Å². The molecule has 106 valence electrons. The van der Waals surface area contributed by atoms with Gasteiger partial charge in [-0.25, -0.2) is 9.37 Å². The molecule has 0 aliphatic carbocycles. The summed E-state index contributed by atoms with van der Waals surface area (Å²) in [6, 6.07) is 6.66. The first-order chi connectivity index (χ1) is 9.69. The number of methoxy groups -OCH3 is 1. The average Bonchev–Trinajstić information content (AvgIpc) is 2.48. The fourth-order valence-corrected chi connectivity index (χ4v) is 1.94. The van der Waals surface area contributed by atoms with Crippen molar-refractivity contribution in [3.63, 3.8) is 0 Å². The van der Waals surface area contributed by atoms with Gasteiger partial charge in [0.2, 0.25) is 5.88 Å². The average molecular weight is 277 g/mol. The molecule has 0 amide bonds. The van der Waals surface area contributed by atoms with Gasteiger partial charge in [0.25, 0.3) is 0 Å². The highest BCUT2D eigenvalue weighted by Gasteiger charge is 2.13. The van der Waals surface area contributed by atoms with Gasteiger partial charge in [-0.05, 0) is 30.2 Å². The minimum absolute atomic E-state index is 0.189. The lowest BCUT2D eigenvalue weighted by Crippen LogP contribution is -1.97. The largest absolute Gasteiger partial charge is 0.494 e. The SMILES string of the molecule is CCOc1ccc(CO)c(-c2cc(OC)ncc2F)c1. The van der Waals surface area contributed by atoms with Crippen LogP contribution in [0.3, 0.4) is 0 Å². The van der Waals surface area contributed by atoms with E-state index in [0.29, 0.717) is 34.9 Å². The van der Waals surface area contributed by atoms with E-state index >= 15 is 0 Å². The van der Waals surface area contributed by atoms with Crippen molar-refractivity contribution in [1.29, 1.82) is 0 Å². The van der Waals surface area contributed by atoms with Crippen LogP contribution in [0.15, 0.2) is 30.5 Å². The Hall–Kier alpha value is -2.14. The second-order valence-electron chi connectivity index (χ2n) is 4.12. The Morgan fingerprint density at radius 1 is 1.25 bits per heavy atom. The van der Waals surface area contributed by atoms with E-state index in [1.54, 1.807) is 18.2 Å². The van der Waals surface area contributed by atoms with Crippen LogP contribution in [0.1, 0.15) is 12.5 Å². The summed E-state index contributed by atoms with van der Waals surface area (Å²) in [6.45, 7) is 2.20. The van der Waals surface area contributed by atoms with Crippen molar-refractivity contribution in [1.82, 2.24) is 4.98 Å². The standard InChI is InChI=1S/C15H16FNO3/c1-3-20-11-5-4-10(9-18)12(6-11)13-7-15(19-2)17-8-14(13)16/h4-8,18H,3,9H2,1-2H3. The number of aliphatic hydroxyl groups excluding tert-OH is 1. The van der Waals surface area contributed by atoms with Crippen LogP contribution in [0.4, 0.5) is 4.39 Å². The Labute approximate surface area is 116 Å². The third kappa shape index (κ3) is 2.88. The van der Waals surface area contributed by atoms with Crippen LogP contribution >= 0.6 is 0 Å². The van der Waals surface area contributed by atoms with Crippen molar-refractivity contribution in [3.05, 3.63) is 41.8 Å². The number of ether oxygens (including phenoxy) is 2. The van der Waals surface area contributed by atoms with E-state index in [-0.39, 0.29) is 6.61 Å². The van der Waals surface area contributed by atoms with Crippen molar-refractivity contribution in [2.24, 2.45) is 0 Å². The molecule has 2 aromatic rings. The lowest BCUT2D eigenvalue weighted by atomic mass is 10.00. The molecule has 0 fully saturated rings. The molecule has 1 N–H and O–H groups in total. The zero-order valence-corrected chi connectivity index (χ0v) is 11.4. The van der Waals surface area contributed by atoms with Crippen molar-refractivity contribution >= 4 is 0 Å². The fraction of sp³-hybridized carbons (Fsp3) is 0.267. The molecular formula is C15H16FNO3. The van der Waals surface area contributed by atoms with Gasteiger partial charge in [0.15, 0.2) is 0 Å². The molecular weight excluding hydrogens is 261 g/mol. The van der Waals surface area contributed by atoms with Gasteiger partial charge in [0, 0.05) is 11.6 Å². The van der Waals surface area contributed by atoms with E-state index in [1.165, 1.54) is 13.2 Å². The van der Waals surface area contributed by atoms with Crippen LogP contribution in [0.25, 0.3) is 11.1 Å². The van der Waals surface area contributed by atoms with Gasteiger partial charge in [-0.2, -0.15) is 0 Å². The van der Waals surface area contributed by atoms with E-state index in [2.05, 4.69) is 4.98 Å². The number of pyridine rings is 1. The van der Waals surface area contributed by atoms with Gasteiger partial charge in [0.05, 0.1) is 26.5 Å². The van der Waals surface area contributed by atoms with Crippen LogP contribution in [0, 0.1) is 5.82 Å². The Kier molecular flexibility index (Phi) is 4.53. The lowest BCUT2D eigenvalue weighted by Gasteiger charge is -2.12. The molecule has 1 aromatic heterocycles. The molecule has 1 aromatic carbocycles. The molecule has 0 aliphatic rings. The molecule has 5 heteroatoms. The van der Waals surface area contributed by atoms with Crippen molar-refractivity contribution in [2.75, 3.05) is 13.7 Å². The molecule has 0 aliphatic heterocycles. The molecule has 2 rings (SSSR count). The summed E-state index contributed by atoms with van der Waals surface area (Å²) < 4.78 is 24.4. The Bertz CT molecular complexity index is 602. The van der Waals surface area contributed by atoms with E-state index in [0.717, 1.165) is 6.20 Å². The van der Waals surface area contributed by atoms with Crippen LogP contribution in [-0.4, -0.2) is 23.8 Å². The zero-order chi connectivity index (χ0) is 14.5. The van der Waals surface area contributed by atoms with E-state index in [1.807, 2.05) is 6.92 Å². The third-order valence-electron chi connectivity index (χ3n) is 2.89. The first kappa shape index (κ1) is 14.3. The van der Waals surface area contributed by atoms with Crippen LogP contribution in [0.2, 0.25) is 0 Å². The lowest BCUT2D eigenvalue weighted by molar-refractivity contribution is 0.282. The van der Waals surface area contributed by atoms with Gasteiger partial charge in [0.1, 0.15) is 11.6 Å². The monoisotopic (exact) mass is 277 g/mol. The third-order valence-corrected chi connectivity index (χ3v) is 2.89. The summed E-state index contributed by atoms with van der Waals surface area (Å²) in [5, 5.41) is 9.41. The zero-order valence-electron chi connectivity index (χ0n) is 11.4. The Morgan fingerprint density at radius 3 is 2.70 bits per heavy atom. The molecule has 0 radical (unpaired) electrons. The first-order valence-electron chi connectivity index (χ1n) is 6.26. The summed E-state index contributed by atoms with van der Waals surface area (Å²) >= 11 is 0. The number of halogens is 1. The van der Waals surface area contributed by atoms with Gasteiger partial charge in [-0.3, -0.25) is 0 Å². The van der Waals surface area contributed by atoms with Gasteiger partial charge in [-0.15, -0.1) is 0 Å². The van der Waals surface area contributed by atoms with Crippen LogP contribution in [0.5, 0.6) is 11.6 Å². The molecule has 1 heterocycles. The van der Waals surface area contributed by atoms with Gasteiger partial charge in [-0.1, -0.05) is 6.07 Å². The summed E-state index contributed by atoms with van der Waals surface area (Å²) in [4.78, 5) is 3.81. The highest BCUT2D eigenvalue weighted by Crippen LogP contribution is 2.31. The molecule has 0 unspecified atom stereocenters. The second-order valence-corrected chi connectivity index (χ2v) is 4.12. The maximum Gasteiger partial charge on any atom is 0.213 e. The number of hydrogen-bond donors (Lipinski definition) is 1. The molecule has 0 saturated heterocycles. The number of hydrogen-bond acceptors (Lipinski definition) is 4. The highest BCUT2D eigenvalue weighted by atomic mass is 19.1. The summed E-state index contributed by atoms with van der Waals surface area (Å²) in [5.74, 6) is 0.455. The number of aliphatic hydroxyl groups is 1. The van der Waals surface area contributed by atoms with E-state index in [4.69, 9.17) is 9.47 Å². The Balaban J connectivity index is 2.57. The predicted molar refractivity (Wildman–Crippen MR) is 73.3 cm³/mol. The molecule has 4 nitrogen and oxygen atoms in total. The van der Waals surface area contributed by atoms with E-state index in [9.17, 15) is 9.50 Å². The first-order valence-corrected chi connectivity index (χ1v) is 6.26. The maximum atomic E-state index is 14.0. The summed E-state index contributed by atoms with van der Waals surface area (Å²) in [6.07, 6.45) is 1.10. The number of aromatic nitrogens is 1. The van der Waals surface area contributed by atoms with Crippen LogP contribution < -0.4 is 9.47 Å². The summed E-state index contributed by atoms with van der Waals surface area (Å²) in [5.41, 5.74) is 1.50. The minimum atomic E-state index is -0.478. The van der Waals surface area contributed by atoms with Crippen molar-refractivity contribution < 1.29 is 19.0 Å².